The van der Waals surface area contributed by atoms with Crippen LogP contribution in [0.1, 0.15) is 79.0 Å². The van der Waals surface area contributed by atoms with Crippen molar-refractivity contribution in [2.24, 2.45) is 11.7 Å². The number of carbonyl (C=O) groups is 3. The first-order valence-corrected chi connectivity index (χ1v) is 15.0. The highest BCUT2D eigenvalue weighted by atomic mass is 31.2. The second kappa shape index (κ2) is 13.5. The van der Waals surface area contributed by atoms with Crippen molar-refractivity contribution < 1.29 is 42.3 Å². The molecule has 3 rings (SSSR count). The lowest BCUT2D eigenvalue weighted by molar-refractivity contribution is -0.128. The number of nitrogens with one attached hydrogen (secondary N) is 2. The molecule has 0 unspecified atom stereocenters. The van der Waals surface area contributed by atoms with Crippen LogP contribution < -0.4 is 21.1 Å². The monoisotopic (exact) mass is 595 g/mol. The second-order valence-electron chi connectivity index (χ2n) is 10.4. The van der Waals surface area contributed by atoms with Crippen molar-refractivity contribution >= 4 is 25.3 Å². The van der Waals surface area contributed by atoms with Crippen molar-refractivity contribution in [1.29, 1.82) is 0 Å². The third kappa shape index (κ3) is 8.58. The van der Waals surface area contributed by atoms with Gasteiger partial charge >= 0.3 is 13.3 Å². The molecule has 0 saturated heterocycles. The molecule has 41 heavy (non-hydrogen) atoms. The molecule has 6 N–H and O–H groups in total. The van der Waals surface area contributed by atoms with E-state index in [2.05, 4.69) is 10.6 Å². The first-order valence-electron chi connectivity index (χ1n) is 13.4. The molecule has 0 aromatic heterocycles. The molecular formula is C28H36F2N3O7P. The van der Waals surface area contributed by atoms with Gasteiger partial charge in [-0.1, -0.05) is 49.6 Å². The lowest BCUT2D eigenvalue weighted by atomic mass is 9.90. The van der Waals surface area contributed by atoms with Crippen LogP contribution in [-0.4, -0.2) is 40.2 Å². The minimum atomic E-state index is -5.73. The number of benzene rings is 2. The highest BCUT2D eigenvalue weighted by Gasteiger charge is 2.50. The molecule has 0 bridgehead atoms. The number of hydrogen-bond donors (Lipinski definition) is 5. The normalized spacial score (nSPS) is 16.0. The Morgan fingerprint density at radius 2 is 1.71 bits per heavy atom. The van der Waals surface area contributed by atoms with Crippen LogP contribution in [0.25, 0.3) is 0 Å². The number of rotatable bonds is 12. The molecule has 0 heterocycles. The van der Waals surface area contributed by atoms with E-state index < -0.39 is 48.6 Å². The SMILES string of the molecule is CC(=O)N[C@@H](Cc1ccc(C(F)(F)P(=O)(O)O)cc1)C(=O)N[C@@H](C)c1ccc(OCC2CCCCC2)c(C(N)=O)c1. The quantitative estimate of drug-likeness (QED) is 0.232. The average molecular weight is 596 g/mol. The molecule has 0 aliphatic heterocycles. The molecule has 1 fully saturated rings. The van der Waals surface area contributed by atoms with Crippen molar-refractivity contribution in [1.82, 2.24) is 10.6 Å². The van der Waals surface area contributed by atoms with E-state index in [1.165, 1.54) is 25.5 Å². The molecule has 1 aliphatic carbocycles. The minimum Gasteiger partial charge on any atom is -0.492 e. The van der Waals surface area contributed by atoms with E-state index in [-0.39, 0.29) is 12.0 Å². The maximum absolute atomic E-state index is 14.0. The highest BCUT2D eigenvalue weighted by molar-refractivity contribution is 7.52. The fourth-order valence-corrected chi connectivity index (χ4v) is 5.28. The molecule has 13 heteroatoms. The van der Waals surface area contributed by atoms with Crippen LogP contribution in [0.4, 0.5) is 8.78 Å². The molecule has 3 amide bonds. The number of amides is 3. The van der Waals surface area contributed by atoms with E-state index in [0.717, 1.165) is 37.8 Å². The molecule has 1 aliphatic rings. The summed E-state index contributed by atoms with van der Waals surface area (Å²) in [5, 5.41) is 5.30. The van der Waals surface area contributed by atoms with Gasteiger partial charge in [0.2, 0.25) is 11.8 Å². The van der Waals surface area contributed by atoms with Crippen LogP contribution >= 0.6 is 7.60 Å². The Bertz CT molecular complexity index is 1290. The Kier molecular flexibility index (Phi) is 10.6. The zero-order valence-corrected chi connectivity index (χ0v) is 23.8. The van der Waals surface area contributed by atoms with Gasteiger partial charge in [0.1, 0.15) is 11.8 Å². The number of carbonyl (C=O) groups excluding carboxylic acids is 3. The van der Waals surface area contributed by atoms with Gasteiger partial charge in [0.05, 0.1) is 18.2 Å². The van der Waals surface area contributed by atoms with Crippen molar-refractivity contribution in [3.05, 3.63) is 64.7 Å². The summed E-state index contributed by atoms with van der Waals surface area (Å²) in [5.41, 5.74) is 1.48. The number of nitrogens with two attached hydrogens (primary N) is 1. The van der Waals surface area contributed by atoms with Gasteiger partial charge in [0.15, 0.2) is 0 Å². The maximum atomic E-state index is 14.0. The number of ether oxygens (including phenoxy) is 1. The average Bonchev–Trinajstić information content (AvgIpc) is 2.91. The Morgan fingerprint density at radius 1 is 1.07 bits per heavy atom. The maximum Gasteiger partial charge on any atom is 0.399 e. The number of halogens is 2. The summed E-state index contributed by atoms with van der Waals surface area (Å²) in [5.74, 6) is -0.956. The van der Waals surface area contributed by atoms with Gasteiger partial charge in [-0.15, -0.1) is 0 Å². The third-order valence-corrected chi connectivity index (χ3v) is 8.12. The zero-order valence-electron chi connectivity index (χ0n) is 22.9. The third-order valence-electron chi connectivity index (χ3n) is 7.13. The topological polar surface area (TPSA) is 168 Å². The van der Waals surface area contributed by atoms with Crippen LogP contribution in [0.5, 0.6) is 5.75 Å². The summed E-state index contributed by atoms with van der Waals surface area (Å²) in [6, 6.07) is 7.35. The summed E-state index contributed by atoms with van der Waals surface area (Å²) < 4.78 is 45.0. The molecule has 2 aromatic rings. The molecule has 2 atom stereocenters. The largest absolute Gasteiger partial charge is 0.492 e. The molecule has 0 radical (unpaired) electrons. The van der Waals surface area contributed by atoms with Crippen LogP contribution in [0.15, 0.2) is 42.5 Å². The smallest absolute Gasteiger partial charge is 0.399 e. The fourth-order valence-electron chi connectivity index (χ4n) is 4.79. The molecule has 1 saturated carbocycles. The predicted molar refractivity (Wildman–Crippen MR) is 147 cm³/mol. The number of primary amides is 1. The minimum absolute atomic E-state index is 0.0830. The van der Waals surface area contributed by atoms with Crippen molar-refractivity contribution in [3.63, 3.8) is 0 Å². The van der Waals surface area contributed by atoms with Gasteiger partial charge in [-0.2, -0.15) is 8.78 Å². The first-order chi connectivity index (χ1) is 19.2. The van der Waals surface area contributed by atoms with Crippen LogP contribution in [0, 0.1) is 5.92 Å². The molecule has 2 aromatic carbocycles. The van der Waals surface area contributed by atoms with Crippen molar-refractivity contribution in [2.45, 2.75) is 70.1 Å². The lowest BCUT2D eigenvalue weighted by Crippen LogP contribution is -2.48. The van der Waals surface area contributed by atoms with Gasteiger partial charge in [0.25, 0.3) is 5.91 Å². The summed E-state index contributed by atoms with van der Waals surface area (Å²) >= 11 is 0. The Hall–Kier alpha value is -3.34. The second-order valence-corrected chi connectivity index (χ2v) is 12.1. The fraction of sp³-hybridized carbons (Fsp3) is 0.464. The molecule has 0 spiro atoms. The van der Waals surface area contributed by atoms with Crippen molar-refractivity contribution in [2.75, 3.05) is 6.61 Å². The highest BCUT2D eigenvalue weighted by Crippen LogP contribution is 2.59. The number of alkyl halides is 2. The van der Waals surface area contributed by atoms with Crippen LogP contribution in [-0.2, 0) is 26.2 Å². The lowest BCUT2D eigenvalue weighted by Gasteiger charge is -2.23. The summed E-state index contributed by atoms with van der Waals surface area (Å²) in [7, 11) is -5.73. The van der Waals surface area contributed by atoms with E-state index >= 15 is 0 Å². The first kappa shape index (κ1) is 32.2. The Morgan fingerprint density at radius 3 is 2.27 bits per heavy atom. The molecular weight excluding hydrogens is 559 g/mol. The van der Waals surface area contributed by atoms with Gasteiger partial charge in [-0.25, -0.2) is 0 Å². The molecule has 224 valence electrons. The van der Waals surface area contributed by atoms with Gasteiger partial charge in [-0.05, 0) is 48.9 Å². The number of hydrogen-bond acceptors (Lipinski definition) is 5. The Labute approximate surface area is 237 Å². The van der Waals surface area contributed by atoms with E-state index in [9.17, 15) is 27.7 Å². The van der Waals surface area contributed by atoms with Crippen molar-refractivity contribution in [3.8, 4) is 5.75 Å². The van der Waals surface area contributed by atoms with Gasteiger partial charge < -0.3 is 30.9 Å². The summed E-state index contributed by atoms with van der Waals surface area (Å²) in [6.07, 6.45) is 5.60. The predicted octanol–water partition coefficient (Wildman–Crippen LogP) is 3.90. The zero-order chi connectivity index (χ0) is 30.4. The van der Waals surface area contributed by atoms with Crippen LogP contribution in [0.2, 0.25) is 0 Å². The summed E-state index contributed by atoms with van der Waals surface area (Å²) in [4.78, 5) is 54.9. The Balaban J connectivity index is 1.71. The van der Waals surface area contributed by atoms with E-state index in [1.54, 1.807) is 25.1 Å². The van der Waals surface area contributed by atoms with E-state index in [0.29, 0.717) is 29.4 Å². The standard InChI is InChI=1S/C28H36F2N3O7P/c1-17(21-10-13-25(23(15-21)26(31)35)40-16-20-6-4-3-5-7-20)32-27(36)24(33-18(2)34)14-19-8-11-22(12-9-19)28(29,30)41(37,38)39/h8-13,15,17,20,24H,3-7,14,16H2,1-2H3,(H2,31,35)(H,32,36)(H,33,34)(H2,37,38,39)/t17-,24-/m0/s1. The summed E-state index contributed by atoms with van der Waals surface area (Å²) in [6.45, 7) is 3.39. The van der Waals surface area contributed by atoms with E-state index in [4.69, 9.17) is 20.3 Å². The van der Waals surface area contributed by atoms with E-state index in [1.807, 2.05) is 0 Å². The molecule has 10 nitrogen and oxygen atoms in total. The van der Waals surface area contributed by atoms with Crippen LogP contribution in [0.3, 0.4) is 0 Å². The van der Waals surface area contributed by atoms with Gasteiger partial charge in [0, 0.05) is 18.9 Å². The van der Waals surface area contributed by atoms with Gasteiger partial charge in [-0.3, -0.25) is 18.9 Å².